The van der Waals surface area contributed by atoms with Crippen molar-refractivity contribution in [2.75, 3.05) is 6.54 Å². The maximum atomic E-state index is 11.7. The van der Waals surface area contributed by atoms with Gasteiger partial charge in [0, 0.05) is 12.1 Å². The topological polar surface area (TPSA) is 62.2 Å². The van der Waals surface area contributed by atoms with Gasteiger partial charge in [-0.2, -0.15) is 0 Å². The van der Waals surface area contributed by atoms with E-state index in [4.69, 9.17) is 5.11 Å². The number of nitrogens with one attached hydrogen (secondary N) is 1. The van der Waals surface area contributed by atoms with Gasteiger partial charge in [0.15, 0.2) is 0 Å². The number of aliphatic hydroxyl groups excluding tert-OH is 1. The summed E-state index contributed by atoms with van der Waals surface area (Å²) in [7, 11) is 0. The monoisotopic (exact) mass is 236 g/mol. The van der Waals surface area contributed by atoms with Crippen LogP contribution in [0.2, 0.25) is 0 Å². The van der Waals surface area contributed by atoms with Crippen LogP contribution in [0.25, 0.3) is 10.2 Å². The summed E-state index contributed by atoms with van der Waals surface area (Å²) in [6.45, 7) is 1.90. The average Bonchev–Trinajstić information content (AvgIpc) is 2.72. The zero-order valence-corrected chi connectivity index (χ0v) is 9.62. The number of amides is 1. The largest absolute Gasteiger partial charge is 0.392 e. The van der Waals surface area contributed by atoms with E-state index < -0.39 is 6.10 Å². The molecule has 4 nitrogen and oxygen atoms in total. The van der Waals surface area contributed by atoms with Crippen LogP contribution in [-0.2, 0) is 0 Å². The number of fused-ring (bicyclic) bond motifs is 1. The van der Waals surface area contributed by atoms with Gasteiger partial charge in [-0.05, 0) is 25.1 Å². The third kappa shape index (κ3) is 2.37. The van der Waals surface area contributed by atoms with E-state index in [9.17, 15) is 4.79 Å². The second kappa shape index (κ2) is 4.59. The van der Waals surface area contributed by atoms with E-state index in [1.807, 2.05) is 12.1 Å². The molecule has 0 radical (unpaired) electrons. The van der Waals surface area contributed by atoms with Gasteiger partial charge in [0.25, 0.3) is 5.91 Å². The molecule has 1 aromatic carbocycles. The number of carbonyl (C=O) groups excluding carboxylic acids is 1. The summed E-state index contributed by atoms with van der Waals surface area (Å²) in [6, 6.07) is 5.37. The Labute approximate surface area is 96.9 Å². The van der Waals surface area contributed by atoms with Crippen molar-refractivity contribution in [3.63, 3.8) is 0 Å². The fourth-order valence-electron chi connectivity index (χ4n) is 1.34. The van der Waals surface area contributed by atoms with Crippen LogP contribution >= 0.6 is 11.3 Å². The van der Waals surface area contributed by atoms with E-state index in [1.165, 1.54) is 11.3 Å². The van der Waals surface area contributed by atoms with Crippen LogP contribution in [0.3, 0.4) is 0 Å². The molecule has 1 aromatic heterocycles. The maximum Gasteiger partial charge on any atom is 0.251 e. The molecule has 2 rings (SSSR count). The molecule has 0 aliphatic rings. The highest BCUT2D eigenvalue weighted by molar-refractivity contribution is 7.16. The molecule has 0 aliphatic heterocycles. The third-order valence-electron chi connectivity index (χ3n) is 2.15. The van der Waals surface area contributed by atoms with Crippen LogP contribution in [0.4, 0.5) is 0 Å². The molecular formula is C11H12N2O2S. The molecule has 0 saturated heterocycles. The minimum absolute atomic E-state index is 0.170. The zero-order chi connectivity index (χ0) is 11.5. The van der Waals surface area contributed by atoms with Crippen LogP contribution < -0.4 is 5.32 Å². The quantitative estimate of drug-likeness (QED) is 0.847. The van der Waals surface area contributed by atoms with E-state index >= 15 is 0 Å². The zero-order valence-electron chi connectivity index (χ0n) is 8.80. The first-order valence-corrected chi connectivity index (χ1v) is 5.84. The minimum atomic E-state index is -0.531. The van der Waals surface area contributed by atoms with Gasteiger partial charge < -0.3 is 10.4 Å². The molecule has 0 aliphatic carbocycles. The highest BCUT2D eigenvalue weighted by Crippen LogP contribution is 2.18. The van der Waals surface area contributed by atoms with Crippen molar-refractivity contribution >= 4 is 27.5 Å². The number of aromatic nitrogens is 1. The summed E-state index contributed by atoms with van der Waals surface area (Å²) >= 11 is 1.50. The Morgan fingerprint density at radius 2 is 2.44 bits per heavy atom. The molecule has 0 unspecified atom stereocenters. The Hall–Kier alpha value is -1.46. The van der Waals surface area contributed by atoms with Gasteiger partial charge in [-0.3, -0.25) is 4.79 Å². The van der Waals surface area contributed by atoms with E-state index in [-0.39, 0.29) is 12.5 Å². The Balaban J connectivity index is 2.16. The summed E-state index contributed by atoms with van der Waals surface area (Å²) in [5.74, 6) is -0.170. The summed E-state index contributed by atoms with van der Waals surface area (Å²) in [4.78, 5) is 15.8. The Morgan fingerprint density at radius 3 is 3.19 bits per heavy atom. The Bertz CT molecular complexity index is 507. The molecule has 2 aromatic rings. The van der Waals surface area contributed by atoms with Crippen molar-refractivity contribution in [3.05, 3.63) is 29.3 Å². The number of aliphatic hydroxyl groups is 1. The molecule has 16 heavy (non-hydrogen) atoms. The molecule has 0 saturated carbocycles. The number of carbonyl (C=O) groups is 1. The van der Waals surface area contributed by atoms with Crippen molar-refractivity contribution < 1.29 is 9.90 Å². The molecular weight excluding hydrogens is 224 g/mol. The van der Waals surface area contributed by atoms with Crippen molar-refractivity contribution in [2.24, 2.45) is 0 Å². The molecule has 0 bridgehead atoms. The van der Waals surface area contributed by atoms with Gasteiger partial charge >= 0.3 is 0 Å². The standard InChI is InChI=1S/C11H12N2O2S/c1-7(14)5-12-11(15)8-2-3-9-10(4-8)16-6-13-9/h2-4,6-7,14H,5H2,1H3,(H,12,15)/t7-/m1/s1. The molecule has 0 spiro atoms. The first-order valence-electron chi connectivity index (χ1n) is 4.96. The first-order chi connectivity index (χ1) is 7.66. The third-order valence-corrected chi connectivity index (χ3v) is 2.94. The number of nitrogens with zero attached hydrogens (tertiary/aromatic N) is 1. The highest BCUT2D eigenvalue weighted by Gasteiger charge is 2.07. The van der Waals surface area contributed by atoms with E-state index in [0.717, 1.165) is 10.2 Å². The Kier molecular flexibility index (Phi) is 3.17. The van der Waals surface area contributed by atoms with Gasteiger partial charge in [-0.1, -0.05) is 0 Å². The summed E-state index contributed by atoms with van der Waals surface area (Å²) in [5, 5.41) is 11.7. The highest BCUT2D eigenvalue weighted by atomic mass is 32.1. The minimum Gasteiger partial charge on any atom is -0.392 e. The Morgan fingerprint density at radius 1 is 1.62 bits per heavy atom. The van der Waals surface area contributed by atoms with Crippen molar-refractivity contribution in [1.29, 1.82) is 0 Å². The van der Waals surface area contributed by atoms with Gasteiger partial charge in [-0.15, -0.1) is 11.3 Å². The second-order valence-corrected chi connectivity index (χ2v) is 4.48. The van der Waals surface area contributed by atoms with Crippen LogP contribution in [0.5, 0.6) is 0 Å². The van der Waals surface area contributed by atoms with Crippen molar-refractivity contribution in [2.45, 2.75) is 13.0 Å². The van der Waals surface area contributed by atoms with Crippen molar-refractivity contribution in [1.82, 2.24) is 10.3 Å². The van der Waals surface area contributed by atoms with Crippen LogP contribution in [-0.4, -0.2) is 28.6 Å². The molecule has 2 N–H and O–H groups in total. The van der Waals surface area contributed by atoms with Crippen molar-refractivity contribution in [3.8, 4) is 0 Å². The van der Waals surface area contributed by atoms with Crippen LogP contribution in [0.1, 0.15) is 17.3 Å². The van der Waals surface area contributed by atoms with Gasteiger partial charge in [0.05, 0.1) is 21.8 Å². The lowest BCUT2D eigenvalue weighted by Gasteiger charge is -2.06. The fraction of sp³-hybridized carbons (Fsp3) is 0.273. The number of rotatable bonds is 3. The second-order valence-electron chi connectivity index (χ2n) is 3.59. The number of thiazole rings is 1. The summed E-state index contributed by atoms with van der Waals surface area (Å²) < 4.78 is 0.990. The predicted octanol–water partition coefficient (Wildman–Crippen LogP) is 1.41. The normalized spacial score (nSPS) is 12.6. The lowest BCUT2D eigenvalue weighted by Crippen LogP contribution is -2.30. The number of hydrogen-bond donors (Lipinski definition) is 2. The summed E-state index contributed by atoms with van der Waals surface area (Å²) in [5.41, 5.74) is 3.25. The molecule has 0 fully saturated rings. The van der Waals surface area contributed by atoms with E-state index in [0.29, 0.717) is 5.56 Å². The molecule has 5 heteroatoms. The number of benzene rings is 1. The SMILES string of the molecule is C[C@@H](O)CNC(=O)c1ccc2ncsc2c1. The van der Waals surface area contributed by atoms with E-state index in [1.54, 1.807) is 18.5 Å². The number of hydrogen-bond acceptors (Lipinski definition) is 4. The molecule has 1 heterocycles. The smallest absolute Gasteiger partial charge is 0.251 e. The fourth-order valence-corrected chi connectivity index (χ4v) is 2.06. The van der Waals surface area contributed by atoms with Gasteiger partial charge in [0.1, 0.15) is 0 Å². The molecule has 84 valence electrons. The maximum absolute atomic E-state index is 11.7. The molecule has 1 amide bonds. The van der Waals surface area contributed by atoms with Crippen LogP contribution in [0.15, 0.2) is 23.7 Å². The van der Waals surface area contributed by atoms with Gasteiger partial charge in [-0.25, -0.2) is 4.98 Å². The molecule has 1 atom stereocenters. The average molecular weight is 236 g/mol. The van der Waals surface area contributed by atoms with Gasteiger partial charge in [0.2, 0.25) is 0 Å². The summed E-state index contributed by atoms with van der Waals surface area (Å²) in [6.07, 6.45) is -0.531. The van der Waals surface area contributed by atoms with Crippen LogP contribution in [0, 0.1) is 0 Å². The van der Waals surface area contributed by atoms with E-state index in [2.05, 4.69) is 10.3 Å². The lowest BCUT2D eigenvalue weighted by molar-refractivity contribution is 0.0924. The lowest BCUT2D eigenvalue weighted by atomic mass is 10.2. The first kappa shape index (κ1) is 11.0. The predicted molar refractivity (Wildman–Crippen MR) is 63.6 cm³/mol.